The quantitative estimate of drug-likeness (QED) is 0.429. The summed E-state index contributed by atoms with van der Waals surface area (Å²) in [5.74, 6) is -0.416. The molecule has 0 saturated heterocycles. The van der Waals surface area contributed by atoms with Crippen LogP contribution < -0.4 is 10.1 Å². The number of anilines is 1. The molecule has 0 aliphatic carbocycles. The molecule has 0 aliphatic heterocycles. The van der Waals surface area contributed by atoms with E-state index in [2.05, 4.69) is 15.2 Å². The van der Waals surface area contributed by atoms with Gasteiger partial charge in [0.1, 0.15) is 5.75 Å². The molecule has 8 heteroatoms. The first kappa shape index (κ1) is 20.1. The SMILES string of the molecule is Cc1ccc(S(=O)(=O)Nc2ccc(C(=O)N/N=C\c3ccccc3O)cc2)cc1. The molecular weight excluding hydrogens is 390 g/mol. The lowest BCUT2D eigenvalue weighted by Crippen LogP contribution is -2.18. The van der Waals surface area contributed by atoms with Crippen LogP contribution >= 0.6 is 0 Å². The van der Waals surface area contributed by atoms with Crippen LogP contribution in [0.2, 0.25) is 0 Å². The number of hydrogen-bond donors (Lipinski definition) is 3. The van der Waals surface area contributed by atoms with E-state index in [9.17, 15) is 18.3 Å². The molecule has 3 aromatic carbocycles. The molecule has 148 valence electrons. The van der Waals surface area contributed by atoms with Crippen molar-refractivity contribution in [1.29, 1.82) is 0 Å². The Morgan fingerprint density at radius 3 is 2.28 bits per heavy atom. The molecule has 0 unspecified atom stereocenters. The fourth-order valence-electron chi connectivity index (χ4n) is 2.44. The van der Waals surface area contributed by atoms with Crippen LogP contribution in [0.1, 0.15) is 21.5 Å². The van der Waals surface area contributed by atoms with E-state index < -0.39 is 15.9 Å². The van der Waals surface area contributed by atoms with Gasteiger partial charge in [-0.1, -0.05) is 29.8 Å². The second kappa shape index (κ2) is 8.57. The van der Waals surface area contributed by atoms with E-state index in [0.29, 0.717) is 16.8 Å². The van der Waals surface area contributed by atoms with Gasteiger partial charge in [-0.3, -0.25) is 9.52 Å². The smallest absolute Gasteiger partial charge is 0.271 e. The third-order valence-electron chi connectivity index (χ3n) is 4.04. The second-order valence-electron chi connectivity index (χ2n) is 6.25. The second-order valence-corrected chi connectivity index (χ2v) is 7.94. The fraction of sp³-hybridized carbons (Fsp3) is 0.0476. The van der Waals surface area contributed by atoms with Crippen LogP contribution in [-0.4, -0.2) is 25.6 Å². The highest BCUT2D eigenvalue weighted by Crippen LogP contribution is 2.17. The monoisotopic (exact) mass is 409 g/mol. The molecule has 7 nitrogen and oxygen atoms in total. The predicted octanol–water partition coefficient (Wildman–Crippen LogP) is 3.27. The van der Waals surface area contributed by atoms with E-state index in [1.54, 1.807) is 30.3 Å². The number of rotatable bonds is 6. The highest BCUT2D eigenvalue weighted by molar-refractivity contribution is 7.92. The van der Waals surface area contributed by atoms with Gasteiger partial charge >= 0.3 is 0 Å². The molecule has 0 atom stereocenters. The number of hydrazone groups is 1. The number of hydrogen-bond acceptors (Lipinski definition) is 5. The normalized spacial score (nSPS) is 11.3. The Kier molecular flexibility index (Phi) is 5.94. The van der Waals surface area contributed by atoms with Gasteiger partial charge in [0, 0.05) is 16.8 Å². The number of aromatic hydroxyl groups is 1. The van der Waals surface area contributed by atoms with Crippen molar-refractivity contribution < 1.29 is 18.3 Å². The van der Waals surface area contributed by atoms with E-state index in [1.807, 2.05) is 6.92 Å². The van der Waals surface area contributed by atoms with Crippen molar-refractivity contribution in [2.45, 2.75) is 11.8 Å². The minimum atomic E-state index is -3.71. The topological polar surface area (TPSA) is 108 Å². The maximum Gasteiger partial charge on any atom is 0.271 e. The Labute approximate surface area is 168 Å². The first-order valence-electron chi connectivity index (χ1n) is 8.66. The molecule has 0 bridgehead atoms. The average molecular weight is 409 g/mol. The molecule has 0 radical (unpaired) electrons. The average Bonchev–Trinajstić information content (AvgIpc) is 2.70. The summed E-state index contributed by atoms with van der Waals surface area (Å²) in [6, 6.07) is 19.0. The summed E-state index contributed by atoms with van der Waals surface area (Å²) in [6.45, 7) is 1.88. The van der Waals surface area contributed by atoms with Crippen LogP contribution in [0.25, 0.3) is 0 Å². The number of para-hydroxylation sites is 1. The number of nitrogens with one attached hydrogen (secondary N) is 2. The number of carbonyl (C=O) groups is 1. The third-order valence-corrected chi connectivity index (χ3v) is 5.43. The largest absolute Gasteiger partial charge is 0.507 e. The summed E-state index contributed by atoms with van der Waals surface area (Å²) in [7, 11) is -3.71. The van der Waals surface area contributed by atoms with Gasteiger partial charge in [-0.05, 0) is 55.5 Å². The number of sulfonamides is 1. The van der Waals surface area contributed by atoms with Crippen molar-refractivity contribution in [2.75, 3.05) is 4.72 Å². The summed E-state index contributed by atoms with van der Waals surface area (Å²) in [6.07, 6.45) is 1.33. The highest BCUT2D eigenvalue weighted by atomic mass is 32.2. The number of aryl methyl sites for hydroxylation is 1. The lowest BCUT2D eigenvalue weighted by Gasteiger charge is -2.09. The number of carbonyl (C=O) groups excluding carboxylic acids is 1. The first-order chi connectivity index (χ1) is 13.8. The predicted molar refractivity (Wildman–Crippen MR) is 112 cm³/mol. The van der Waals surface area contributed by atoms with E-state index in [4.69, 9.17) is 0 Å². The maximum absolute atomic E-state index is 12.4. The zero-order chi connectivity index (χ0) is 20.9. The van der Waals surface area contributed by atoms with Crippen LogP contribution in [0.15, 0.2) is 82.8 Å². The molecular formula is C21H19N3O4S. The van der Waals surface area contributed by atoms with Crippen LogP contribution in [-0.2, 0) is 10.0 Å². The summed E-state index contributed by atoms with van der Waals surface area (Å²) in [4.78, 5) is 12.3. The highest BCUT2D eigenvalue weighted by Gasteiger charge is 2.14. The van der Waals surface area contributed by atoms with Crippen LogP contribution in [0.5, 0.6) is 5.75 Å². The Hall–Kier alpha value is -3.65. The van der Waals surface area contributed by atoms with Gasteiger partial charge in [0.25, 0.3) is 15.9 Å². The standard InChI is InChI=1S/C21H19N3O4S/c1-15-6-12-19(13-7-15)29(27,28)24-18-10-8-16(9-11-18)21(26)23-22-14-17-4-2-3-5-20(17)25/h2-14,24-25H,1H3,(H,23,26)/b22-14-. The Bertz CT molecular complexity index is 1140. The molecule has 0 spiro atoms. The van der Waals surface area contributed by atoms with Gasteiger partial charge in [-0.15, -0.1) is 0 Å². The number of amides is 1. The lowest BCUT2D eigenvalue weighted by atomic mass is 10.2. The van der Waals surface area contributed by atoms with E-state index in [0.717, 1.165) is 5.56 Å². The van der Waals surface area contributed by atoms with Crippen molar-refractivity contribution in [3.05, 3.63) is 89.5 Å². The molecule has 3 rings (SSSR count). The molecule has 3 aromatic rings. The van der Waals surface area contributed by atoms with Gasteiger partial charge in [0.2, 0.25) is 0 Å². The summed E-state index contributed by atoms with van der Waals surface area (Å²) >= 11 is 0. The van der Waals surface area contributed by atoms with Gasteiger partial charge in [-0.2, -0.15) is 5.10 Å². The summed E-state index contributed by atoms with van der Waals surface area (Å²) < 4.78 is 27.3. The van der Waals surface area contributed by atoms with Gasteiger partial charge in [0.15, 0.2) is 0 Å². The van der Waals surface area contributed by atoms with Crippen LogP contribution in [0.4, 0.5) is 5.69 Å². The first-order valence-corrected chi connectivity index (χ1v) is 10.1. The molecule has 0 heterocycles. The van der Waals surface area contributed by atoms with E-state index in [-0.39, 0.29) is 10.6 Å². The van der Waals surface area contributed by atoms with Crippen molar-refractivity contribution in [1.82, 2.24) is 5.43 Å². The van der Waals surface area contributed by atoms with Gasteiger partial charge in [0.05, 0.1) is 11.1 Å². The van der Waals surface area contributed by atoms with E-state index >= 15 is 0 Å². The van der Waals surface area contributed by atoms with Crippen molar-refractivity contribution in [2.24, 2.45) is 5.10 Å². The van der Waals surface area contributed by atoms with Crippen molar-refractivity contribution >= 4 is 27.8 Å². The third kappa shape index (κ3) is 5.20. The number of phenolic OH excluding ortho intramolecular Hbond substituents is 1. The molecule has 0 aliphatic rings. The van der Waals surface area contributed by atoms with Crippen molar-refractivity contribution in [3.63, 3.8) is 0 Å². The molecule has 0 saturated carbocycles. The molecule has 1 amide bonds. The van der Waals surface area contributed by atoms with Crippen LogP contribution in [0, 0.1) is 6.92 Å². The minimum absolute atomic E-state index is 0.0516. The maximum atomic E-state index is 12.4. The van der Waals surface area contributed by atoms with Crippen LogP contribution in [0.3, 0.4) is 0 Å². The number of phenols is 1. The van der Waals surface area contributed by atoms with Crippen molar-refractivity contribution in [3.8, 4) is 5.75 Å². The Morgan fingerprint density at radius 2 is 1.62 bits per heavy atom. The number of benzene rings is 3. The van der Waals surface area contributed by atoms with E-state index in [1.165, 1.54) is 48.7 Å². The Morgan fingerprint density at radius 1 is 0.966 bits per heavy atom. The molecule has 0 aromatic heterocycles. The lowest BCUT2D eigenvalue weighted by molar-refractivity contribution is 0.0955. The molecule has 0 fully saturated rings. The number of nitrogens with zero attached hydrogens (tertiary/aromatic N) is 1. The zero-order valence-electron chi connectivity index (χ0n) is 15.5. The Balaban J connectivity index is 1.64. The zero-order valence-corrected chi connectivity index (χ0v) is 16.3. The fourth-order valence-corrected chi connectivity index (χ4v) is 3.50. The molecule has 29 heavy (non-hydrogen) atoms. The summed E-state index contributed by atoms with van der Waals surface area (Å²) in [5.41, 5.74) is 4.42. The summed E-state index contributed by atoms with van der Waals surface area (Å²) in [5, 5.41) is 13.5. The van der Waals surface area contributed by atoms with Gasteiger partial charge in [-0.25, -0.2) is 13.8 Å². The van der Waals surface area contributed by atoms with Gasteiger partial charge < -0.3 is 5.11 Å². The minimum Gasteiger partial charge on any atom is -0.507 e. The molecule has 3 N–H and O–H groups in total.